The van der Waals surface area contributed by atoms with Crippen LogP contribution in [-0.2, 0) is 25.6 Å². The first-order valence-corrected chi connectivity index (χ1v) is 12.6. The van der Waals surface area contributed by atoms with Crippen molar-refractivity contribution in [1.29, 1.82) is 0 Å². The third kappa shape index (κ3) is 8.22. The first-order valence-electron chi connectivity index (χ1n) is 12.6. The highest BCUT2D eigenvalue weighted by Gasteiger charge is 2.27. The van der Waals surface area contributed by atoms with Crippen molar-refractivity contribution in [3.05, 3.63) is 53.9 Å². The molecule has 8 heteroatoms. The first-order chi connectivity index (χ1) is 17.2. The molecular formula is C28H38N2O6. The lowest BCUT2D eigenvalue weighted by molar-refractivity contribution is -0.150. The lowest BCUT2D eigenvalue weighted by atomic mass is 9.82. The molecule has 36 heavy (non-hydrogen) atoms. The summed E-state index contributed by atoms with van der Waals surface area (Å²) in [7, 11) is 0. The molecule has 1 fully saturated rings. The Bertz CT molecular complexity index is 1010. The van der Waals surface area contributed by atoms with Crippen LogP contribution < -0.4 is 10.1 Å². The van der Waals surface area contributed by atoms with Gasteiger partial charge >= 0.3 is 12.1 Å². The van der Waals surface area contributed by atoms with Crippen LogP contribution in [0.15, 0.2) is 42.6 Å². The molecule has 1 saturated carbocycles. The molecule has 196 valence electrons. The molecule has 1 aromatic carbocycles. The molecule has 2 aromatic rings. The highest BCUT2D eigenvalue weighted by Crippen LogP contribution is 2.39. The average molecular weight is 499 g/mol. The Hall–Kier alpha value is -3.13. The number of aromatic nitrogens is 1. The minimum absolute atomic E-state index is 0.101. The third-order valence-corrected chi connectivity index (χ3v) is 5.94. The molecule has 1 aromatic heterocycles. The number of nitrogens with zero attached hydrogens (tertiary/aromatic N) is 1. The fourth-order valence-electron chi connectivity index (χ4n) is 4.24. The molecule has 3 rings (SSSR count). The minimum atomic E-state index is -0.660. The topological polar surface area (TPSA) is 96.0 Å². The van der Waals surface area contributed by atoms with Crippen molar-refractivity contribution in [2.45, 2.75) is 90.6 Å². The van der Waals surface area contributed by atoms with Crippen molar-refractivity contribution < 1.29 is 28.5 Å². The van der Waals surface area contributed by atoms with Crippen molar-refractivity contribution >= 4 is 17.7 Å². The lowest BCUT2D eigenvalue weighted by Crippen LogP contribution is -2.28. The number of ether oxygens (including phenoxy) is 4. The molecule has 0 aliphatic heterocycles. The normalized spacial score (nSPS) is 18.7. The molecular weight excluding hydrogens is 460 g/mol. The van der Waals surface area contributed by atoms with Gasteiger partial charge < -0.3 is 18.9 Å². The summed E-state index contributed by atoms with van der Waals surface area (Å²) in [6.45, 7) is 9.59. The summed E-state index contributed by atoms with van der Waals surface area (Å²) in [5, 5.41) is 2.77. The van der Waals surface area contributed by atoms with Gasteiger partial charge in [-0.2, -0.15) is 0 Å². The molecule has 1 aliphatic carbocycles. The zero-order chi connectivity index (χ0) is 26.1. The van der Waals surface area contributed by atoms with Crippen LogP contribution in [0.1, 0.15) is 77.5 Å². The van der Waals surface area contributed by atoms with E-state index in [0.717, 1.165) is 37.0 Å². The number of benzene rings is 1. The van der Waals surface area contributed by atoms with Crippen molar-refractivity contribution in [2.24, 2.45) is 0 Å². The fraction of sp³-hybridized carbons (Fsp3) is 0.536. The Labute approximate surface area is 213 Å². The second-order valence-electron chi connectivity index (χ2n) is 9.96. The van der Waals surface area contributed by atoms with Crippen LogP contribution >= 0.6 is 0 Å². The number of esters is 1. The highest BCUT2D eigenvalue weighted by atomic mass is 16.6. The number of para-hydroxylation sites is 1. The molecule has 0 bridgehead atoms. The molecule has 0 radical (unpaired) electrons. The van der Waals surface area contributed by atoms with Gasteiger partial charge in [0.2, 0.25) is 0 Å². The molecule has 0 spiro atoms. The number of anilines is 1. The van der Waals surface area contributed by atoms with Crippen LogP contribution in [0.2, 0.25) is 0 Å². The van der Waals surface area contributed by atoms with Gasteiger partial charge in [0.05, 0.1) is 30.7 Å². The Morgan fingerprint density at radius 2 is 1.81 bits per heavy atom. The summed E-state index contributed by atoms with van der Waals surface area (Å²) < 4.78 is 22.6. The van der Waals surface area contributed by atoms with Crippen molar-refractivity contribution in [3.63, 3.8) is 0 Å². The van der Waals surface area contributed by atoms with Gasteiger partial charge in [-0.1, -0.05) is 18.2 Å². The number of amides is 1. The van der Waals surface area contributed by atoms with E-state index in [1.54, 1.807) is 32.2 Å². The second kappa shape index (κ2) is 12.7. The van der Waals surface area contributed by atoms with Gasteiger partial charge in [0.1, 0.15) is 11.4 Å². The maximum Gasteiger partial charge on any atom is 0.412 e. The van der Waals surface area contributed by atoms with Crippen molar-refractivity contribution in [3.8, 4) is 5.75 Å². The molecule has 1 aliphatic rings. The molecule has 1 unspecified atom stereocenters. The molecule has 1 heterocycles. The second-order valence-corrected chi connectivity index (χ2v) is 9.96. The van der Waals surface area contributed by atoms with E-state index in [1.165, 1.54) is 0 Å². The number of nitrogens with one attached hydrogen (secondary N) is 1. The molecule has 1 N–H and O–H groups in total. The number of hydrogen-bond acceptors (Lipinski definition) is 7. The minimum Gasteiger partial charge on any atom is -0.479 e. The smallest absolute Gasteiger partial charge is 0.412 e. The summed E-state index contributed by atoms with van der Waals surface area (Å²) in [5.41, 5.74) is 1.78. The van der Waals surface area contributed by atoms with Crippen molar-refractivity contribution in [2.75, 3.05) is 11.9 Å². The van der Waals surface area contributed by atoms with E-state index in [-0.39, 0.29) is 12.1 Å². The van der Waals surface area contributed by atoms with E-state index in [2.05, 4.69) is 16.4 Å². The molecule has 8 nitrogen and oxygen atoms in total. The SMILES string of the molecule is CCOC(=O)C(C)Oc1ccccc1C1CCC(OCc2ncccc2NC(=O)OC(C)(C)C)CC1. The summed E-state index contributed by atoms with van der Waals surface area (Å²) in [4.78, 5) is 28.6. The monoisotopic (exact) mass is 498 g/mol. The van der Waals surface area contributed by atoms with Gasteiger partial charge in [0.25, 0.3) is 0 Å². The van der Waals surface area contributed by atoms with E-state index >= 15 is 0 Å². The lowest BCUT2D eigenvalue weighted by Gasteiger charge is -2.30. The summed E-state index contributed by atoms with van der Waals surface area (Å²) >= 11 is 0. The van der Waals surface area contributed by atoms with E-state index in [0.29, 0.717) is 30.5 Å². The zero-order valence-electron chi connectivity index (χ0n) is 21.9. The van der Waals surface area contributed by atoms with Gasteiger partial charge in [0.15, 0.2) is 6.10 Å². The quantitative estimate of drug-likeness (QED) is 0.424. The van der Waals surface area contributed by atoms with Crippen LogP contribution in [-0.4, -0.2) is 41.5 Å². The Morgan fingerprint density at radius 1 is 1.08 bits per heavy atom. The maximum atomic E-state index is 12.2. The Kier molecular flexibility index (Phi) is 9.70. The van der Waals surface area contributed by atoms with Crippen LogP contribution in [0.5, 0.6) is 5.75 Å². The average Bonchev–Trinajstić information content (AvgIpc) is 2.83. The largest absolute Gasteiger partial charge is 0.479 e. The Balaban J connectivity index is 1.54. The molecule has 1 atom stereocenters. The zero-order valence-corrected chi connectivity index (χ0v) is 21.9. The van der Waals surface area contributed by atoms with Gasteiger partial charge in [0, 0.05) is 6.20 Å². The number of carbonyl (C=O) groups excluding carboxylic acids is 2. The van der Waals surface area contributed by atoms with Crippen LogP contribution in [0, 0.1) is 0 Å². The molecule has 0 saturated heterocycles. The van der Waals surface area contributed by atoms with E-state index < -0.39 is 17.8 Å². The van der Waals surface area contributed by atoms with Crippen LogP contribution in [0.25, 0.3) is 0 Å². The fourth-order valence-corrected chi connectivity index (χ4v) is 4.24. The predicted molar refractivity (Wildman–Crippen MR) is 137 cm³/mol. The van der Waals surface area contributed by atoms with Gasteiger partial charge in [-0.25, -0.2) is 9.59 Å². The van der Waals surface area contributed by atoms with Crippen LogP contribution in [0.4, 0.5) is 10.5 Å². The maximum absolute atomic E-state index is 12.2. The predicted octanol–water partition coefficient (Wildman–Crippen LogP) is 6.00. The molecule has 1 amide bonds. The number of rotatable bonds is 9. The third-order valence-electron chi connectivity index (χ3n) is 5.94. The highest BCUT2D eigenvalue weighted by molar-refractivity contribution is 5.85. The van der Waals surface area contributed by atoms with E-state index in [1.807, 2.05) is 39.0 Å². The van der Waals surface area contributed by atoms with Crippen LogP contribution in [0.3, 0.4) is 0 Å². The van der Waals surface area contributed by atoms with Gasteiger partial charge in [-0.05, 0) is 90.0 Å². The number of hydrogen-bond donors (Lipinski definition) is 1. The Morgan fingerprint density at radius 3 is 2.50 bits per heavy atom. The van der Waals surface area contributed by atoms with E-state index in [9.17, 15) is 9.59 Å². The summed E-state index contributed by atoms with van der Waals surface area (Å²) in [6, 6.07) is 11.5. The number of pyridine rings is 1. The summed E-state index contributed by atoms with van der Waals surface area (Å²) in [6.07, 6.45) is 4.30. The van der Waals surface area contributed by atoms with E-state index in [4.69, 9.17) is 18.9 Å². The summed E-state index contributed by atoms with van der Waals surface area (Å²) in [5.74, 6) is 0.697. The van der Waals surface area contributed by atoms with Crippen molar-refractivity contribution in [1.82, 2.24) is 4.98 Å². The van der Waals surface area contributed by atoms with Gasteiger partial charge in [-0.15, -0.1) is 0 Å². The number of carbonyl (C=O) groups is 2. The first kappa shape index (κ1) is 27.5. The standard InChI is InChI=1S/C28H38N2O6/c1-6-33-26(31)19(2)35-25-12-8-7-10-22(25)20-13-15-21(16-14-20)34-18-24-23(11-9-17-29-24)30-27(32)36-28(3,4)5/h7-12,17,19-21H,6,13-16,18H2,1-5H3,(H,30,32). The van der Waals surface area contributed by atoms with Gasteiger partial charge in [-0.3, -0.25) is 10.3 Å².